The molecule has 0 saturated carbocycles. The van der Waals surface area contributed by atoms with Crippen LogP contribution in [0.4, 0.5) is 13.2 Å². The van der Waals surface area contributed by atoms with Crippen LogP contribution in [0, 0.1) is 0 Å². The lowest BCUT2D eigenvalue weighted by atomic mass is 9.90. The summed E-state index contributed by atoms with van der Waals surface area (Å²) in [6, 6.07) is 10.9. The highest BCUT2D eigenvalue weighted by molar-refractivity contribution is 7.92. The third-order valence-corrected chi connectivity index (χ3v) is 8.09. The number of hydrogen-bond donors (Lipinski definition) is 0. The molecule has 0 N–H and O–H groups in total. The lowest BCUT2D eigenvalue weighted by molar-refractivity contribution is -0.137. The molecular formula is C21H23ClF3NO3S. The summed E-state index contributed by atoms with van der Waals surface area (Å²) in [7, 11) is -0.606. The van der Waals surface area contributed by atoms with Gasteiger partial charge in [-0.1, -0.05) is 29.8 Å². The van der Waals surface area contributed by atoms with Gasteiger partial charge in [-0.15, -0.1) is 0 Å². The minimum absolute atomic E-state index is 0.130. The van der Waals surface area contributed by atoms with Crippen molar-refractivity contribution >= 4 is 21.4 Å². The Bertz CT molecular complexity index is 993. The molecule has 30 heavy (non-hydrogen) atoms. The fourth-order valence-corrected chi connectivity index (χ4v) is 6.23. The van der Waals surface area contributed by atoms with Crippen LogP contribution in [0.25, 0.3) is 0 Å². The first-order valence-electron chi connectivity index (χ1n) is 9.38. The van der Waals surface area contributed by atoms with E-state index in [9.17, 15) is 21.6 Å². The van der Waals surface area contributed by atoms with Crippen molar-refractivity contribution in [1.82, 2.24) is 4.90 Å². The van der Waals surface area contributed by atoms with Crippen LogP contribution in [-0.4, -0.2) is 45.3 Å². The first kappa shape index (κ1) is 23.1. The van der Waals surface area contributed by atoms with Crippen molar-refractivity contribution in [1.29, 1.82) is 0 Å². The van der Waals surface area contributed by atoms with Gasteiger partial charge in [-0.3, -0.25) is 0 Å². The quantitative estimate of drug-likeness (QED) is 0.629. The molecule has 2 aromatic rings. The van der Waals surface area contributed by atoms with Gasteiger partial charge < -0.3 is 9.64 Å². The SMILES string of the molecule is CN(C)CC1(S(=O)(=O)c2cccc(C(F)(F)F)c2)CCOC(c2ccc(Cl)cc2)C1. The van der Waals surface area contributed by atoms with E-state index in [1.54, 1.807) is 43.3 Å². The van der Waals surface area contributed by atoms with Gasteiger partial charge >= 0.3 is 6.18 Å². The van der Waals surface area contributed by atoms with E-state index in [1.165, 1.54) is 6.07 Å². The summed E-state index contributed by atoms with van der Waals surface area (Å²) in [4.78, 5) is 1.42. The van der Waals surface area contributed by atoms with Gasteiger partial charge in [0.1, 0.15) is 0 Å². The highest BCUT2D eigenvalue weighted by Crippen LogP contribution is 2.43. The number of benzene rings is 2. The second-order valence-electron chi connectivity index (χ2n) is 7.81. The highest BCUT2D eigenvalue weighted by atomic mass is 35.5. The van der Waals surface area contributed by atoms with E-state index in [0.29, 0.717) is 5.02 Å². The lowest BCUT2D eigenvalue weighted by Gasteiger charge is -2.42. The summed E-state index contributed by atoms with van der Waals surface area (Å²) in [5.41, 5.74) is -0.202. The van der Waals surface area contributed by atoms with Crippen LogP contribution in [0.15, 0.2) is 53.4 Å². The molecule has 0 amide bonds. The first-order chi connectivity index (χ1) is 13.9. The van der Waals surface area contributed by atoms with E-state index in [-0.39, 0.29) is 30.9 Å². The minimum atomic E-state index is -4.62. The van der Waals surface area contributed by atoms with E-state index >= 15 is 0 Å². The summed E-state index contributed by atoms with van der Waals surface area (Å²) in [5.74, 6) is 0. The zero-order chi connectivity index (χ0) is 22.2. The van der Waals surface area contributed by atoms with Crippen LogP contribution in [0.3, 0.4) is 0 Å². The number of halogens is 4. The fourth-order valence-electron chi connectivity index (χ4n) is 3.92. The van der Waals surface area contributed by atoms with Gasteiger partial charge in [0.15, 0.2) is 9.84 Å². The molecule has 4 nitrogen and oxygen atoms in total. The first-order valence-corrected chi connectivity index (χ1v) is 11.2. The lowest BCUT2D eigenvalue weighted by Crippen LogP contribution is -2.51. The molecule has 1 saturated heterocycles. The Morgan fingerprint density at radius 1 is 1.17 bits per heavy atom. The van der Waals surface area contributed by atoms with Crippen LogP contribution < -0.4 is 0 Å². The maximum Gasteiger partial charge on any atom is 0.416 e. The molecule has 1 aliphatic heterocycles. The molecule has 9 heteroatoms. The number of nitrogens with zero attached hydrogens (tertiary/aromatic N) is 1. The summed E-state index contributed by atoms with van der Waals surface area (Å²) in [5, 5.41) is 0.547. The van der Waals surface area contributed by atoms with Crippen molar-refractivity contribution in [2.75, 3.05) is 27.2 Å². The zero-order valence-corrected chi connectivity index (χ0v) is 18.2. The Morgan fingerprint density at radius 2 is 1.83 bits per heavy atom. The van der Waals surface area contributed by atoms with Crippen LogP contribution in [0.5, 0.6) is 0 Å². The Balaban J connectivity index is 2.05. The molecule has 0 aromatic heterocycles. The molecule has 2 unspecified atom stereocenters. The molecule has 0 aliphatic carbocycles. The highest BCUT2D eigenvalue weighted by Gasteiger charge is 2.49. The standard InChI is InChI=1S/C21H23ClF3NO3S/c1-26(2)14-20(10-11-29-19(13-20)15-6-8-17(22)9-7-15)30(27,28)18-5-3-4-16(12-18)21(23,24)25/h3-9,12,19H,10-11,13-14H2,1-2H3. The Hall–Kier alpha value is -1.61. The molecular weight excluding hydrogens is 439 g/mol. The van der Waals surface area contributed by atoms with E-state index in [1.807, 2.05) is 0 Å². The van der Waals surface area contributed by atoms with Gasteiger partial charge in [-0.25, -0.2) is 8.42 Å². The van der Waals surface area contributed by atoms with Crippen LogP contribution in [-0.2, 0) is 20.8 Å². The maximum atomic E-state index is 13.7. The molecule has 1 heterocycles. The number of hydrogen-bond acceptors (Lipinski definition) is 4. The van der Waals surface area contributed by atoms with Crippen molar-refractivity contribution in [2.45, 2.75) is 34.8 Å². The van der Waals surface area contributed by atoms with Crippen molar-refractivity contribution < 1.29 is 26.3 Å². The van der Waals surface area contributed by atoms with Crippen molar-refractivity contribution in [2.24, 2.45) is 0 Å². The molecule has 1 aliphatic rings. The Kier molecular flexibility index (Phi) is 6.53. The number of ether oxygens (including phenoxy) is 1. The molecule has 3 rings (SSSR count). The molecule has 2 aromatic carbocycles. The van der Waals surface area contributed by atoms with E-state index in [0.717, 1.165) is 23.8 Å². The maximum absolute atomic E-state index is 13.7. The summed E-state index contributed by atoms with van der Waals surface area (Å²) in [6.45, 7) is 0.346. The minimum Gasteiger partial charge on any atom is -0.373 e. The van der Waals surface area contributed by atoms with Crippen molar-refractivity contribution in [3.8, 4) is 0 Å². The van der Waals surface area contributed by atoms with Crippen LogP contribution in [0.2, 0.25) is 5.02 Å². The molecule has 2 atom stereocenters. The van der Waals surface area contributed by atoms with Gasteiger partial charge in [0.25, 0.3) is 0 Å². The van der Waals surface area contributed by atoms with Crippen molar-refractivity contribution in [3.63, 3.8) is 0 Å². The average molecular weight is 462 g/mol. The second kappa shape index (κ2) is 8.49. The van der Waals surface area contributed by atoms with E-state index in [4.69, 9.17) is 16.3 Å². The smallest absolute Gasteiger partial charge is 0.373 e. The molecule has 164 valence electrons. The van der Waals surface area contributed by atoms with Crippen LogP contribution in [0.1, 0.15) is 30.1 Å². The van der Waals surface area contributed by atoms with Gasteiger partial charge in [0.05, 0.1) is 21.3 Å². The molecule has 0 radical (unpaired) electrons. The third-order valence-electron chi connectivity index (χ3n) is 5.32. The van der Waals surface area contributed by atoms with Crippen molar-refractivity contribution in [3.05, 3.63) is 64.7 Å². The Morgan fingerprint density at radius 3 is 2.43 bits per heavy atom. The zero-order valence-electron chi connectivity index (χ0n) is 16.6. The predicted molar refractivity (Wildman–Crippen MR) is 109 cm³/mol. The Labute approximate surface area is 179 Å². The number of rotatable bonds is 5. The monoisotopic (exact) mass is 461 g/mol. The predicted octanol–water partition coefficient (Wildman–Crippen LogP) is 4.98. The molecule has 0 bridgehead atoms. The topological polar surface area (TPSA) is 46.6 Å². The third kappa shape index (κ3) is 4.66. The van der Waals surface area contributed by atoms with Gasteiger partial charge in [0, 0.05) is 18.2 Å². The normalized spacial score (nSPS) is 23.0. The van der Waals surface area contributed by atoms with Gasteiger partial charge in [0.2, 0.25) is 0 Å². The van der Waals surface area contributed by atoms with Gasteiger partial charge in [-0.2, -0.15) is 13.2 Å². The van der Waals surface area contributed by atoms with E-state index < -0.39 is 32.4 Å². The summed E-state index contributed by atoms with van der Waals surface area (Å²) < 4.78 is 71.5. The average Bonchev–Trinajstić information content (AvgIpc) is 2.67. The molecule has 1 fully saturated rings. The second-order valence-corrected chi connectivity index (χ2v) is 10.6. The summed E-state index contributed by atoms with van der Waals surface area (Å²) >= 11 is 5.94. The number of alkyl halides is 3. The largest absolute Gasteiger partial charge is 0.416 e. The fraction of sp³-hybridized carbons (Fsp3) is 0.429. The van der Waals surface area contributed by atoms with E-state index in [2.05, 4.69) is 0 Å². The number of sulfone groups is 1. The van der Waals surface area contributed by atoms with Gasteiger partial charge in [-0.05, 0) is 62.8 Å². The van der Waals surface area contributed by atoms with Crippen LogP contribution >= 0.6 is 11.6 Å². The molecule has 0 spiro atoms. The summed E-state index contributed by atoms with van der Waals surface area (Å²) in [6.07, 6.45) is -4.81.